The predicted molar refractivity (Wildman–Crippen MR) is 75.5 cm³/mol. The molecule has 0 unspecified atom stereocenters. The lowest BCUT2D eigenvalue weighted by Crippen LogP contribution is -2.11. The average molecular weight is 267 g/mol. The predicted octanol–water partition coefficient (Wildman–Crippen LogP) is 2.08. The van der Waals surface area contributed by atoms with Gasteiger partial charge < -0.3 is 10.4 Å². The summed E-state index contributed by atoms with van der Waals surface area (Å²) in [5.74, 6) is -0.206. The maximum atomic E-state index is 12.2. The summed E-state index contributed by atoms with van der Waals surface area (Å²) in [5, 5.41) is 15.9. The minimum Gasteiger partial charge on any atom is -0.392 e. The summed E-state index contributed by atoms with van der Waals surface area (Å²) in [6.07, 6.45) is 3.34. The first kappa shape index (κ1) is 12.4. The summed E-state index contributed by atoms with van der Waals surface area (Å²) in [6.45, 7) is -0.0116. The maximum Gasteiger partial charge on any atom is 0.259 e. The van der Waals surface area contributed by atoms with Crippen molar-refractivity contribution in [3.8, 4) is 0 Å². The minimum absolute atomic E-state index is 0.0116. The molecule has 3 aromatic rings. The van der Waals surface area contributed by atoms with Gasteiger partial charge in [0.05, 0.1) is 23.9 Å². The molecule has 2 heterocycles. The third-order valence-electron chi connectivity index (χ3n) is 3.07. The highest BCUT2D eigenvalue weighted by molar-refractivity contribution is 6.08. The van der Waals surface area contributed by atoms with Crippen LogP contribution in [0.15, 0.2) is 54.9 Å². The molecule has 0 aliphatic carbocycles. The van der Waals surface area contributed by atoms with Crippen LogP contribution in [0.5, 0.6) is 0 Å². The number of nitrogens with one attached hydrogen (secondary N) is 1. The molecule has 0 fully saturated rings. The van der Waals surface area contributed by atoms with E-state index in [4.69, 9.17) is 5.11 Å². The summed E-state index contributed by atoms with van der Waals surface area (Å²) in [5.41, 5.74) is 2.77. The van der Waals surface area contributed by atoms with Crippen molar-refractivity contribution in [3.63, 3.8) is 0 Å². The van der Waals surface area contributed by atoms with E-state index in [0.29, 0.717) is 11.3 Å². The van der Waals surface area contributed by atoms with Crippen molar-refractivity contribution in [3.05, 3.63) is 66.0 Å². The second-order valence-electron chi connectivity index (χ2n) is 4.40. The van der Waals surface area contributed by atoms with Gasteiger partial charge in [0.2, 0.25) is 0 Å². The number of fused-ring (bicyclic) bond motifs is 1. The summed E-state index contributed by atoms with van der Waals surface area (Å²) >= 11 is 0. The van der Waals surface area contributed by atoms with Crippen LogP contribution in [0.1, 0.15) is 15.9 Å². The Labute approximate surface area is 115 Å². The SMILES string of the molecule is O=C(Nc1ccc(CO)cc1)c1cnn2ccccc12. The Balaban J connectivity index is 1.85. The molecule has 0 aliphatic heterocycles. The van der Waals surface area contributed by atoms with Gasteiger partial charge >= 0.3 is 0 Å². The number of nitrogens with zero attached hydrogens (tertiary/aromatic N) is 2. The van der Waals surface area contributed by atoms with Crippen LogP contribution in [0.2, 0.25) is 0 Å². The molecular formula is C15H13N3O2. The van der Waals surface area contributed by atoms with E-state index in [-0.39, 0.29) is 12.5 Å². The number of carbonyl (C=O) groups excluding carboxylic acids is 1. The van der Waals surface area contributed by atoms with Gasteiger partial charge in [-0.05, 0) is 29.8 Å². The van der Waals surface area contributed by atoms with E-state index < -0.39 is 0 Å². The van der Waals surface area contributed by atoms with Gasteiger partial charge in [-0.3, -0.25) is 4.79 Å². The van der Waals surface area contributed by atoms with E-state index in [2.05, 4.69) is 10.4 Å². The normalized spacial score (nSPS) is 10.7. The second-order valence-corrected chi connectivity index (χ2v) is 4.40. The zero-order chi connectivity index (χ0) is 13.9. The molecule has 5 nitrogen and oxygen atoms in total. The Morgan fingerprint density at radius 2 is 2.00 bits per heavy atom. The Kier molecular flexibility index (Phi) is 3.18. The van der Waals surface area contributed by atoms with Gasteiger partial charge in [0.25, 0.3) is 5.91 Å². The zero-order valence-corrected chi connectivity index (χ0v) is 10.7. The Morgan fingerprint density at radius 3 is 2.75 bits per heavy atom. The van der Waals surface area contributed by atoms with Crippen molar-refractivity contribution in [1.82, 2.24) is 9.61 Å². The van der Waals surface area contributed by atoms with E-state index in [1.54, 1.807) is 41.2 Å². The van der Waals surface area contributed by atoms with Gasteiger partial charge in [-0.2, -0.15) is 5.10 Å². The fraction of sp³-hybridized carbons (Fsp3) is 0.0667. The third kappa shape index (κ3) is 2.26. The smallest absolute Gasteiger partial charge is 0.259 e. The highest BCUT2D eigenvalue weighted by Gasteiger charge is 2.12. The molecule has 0 atom stereocenters. The van der Waals surface area contributed by atoms with Gasteiger partial charge in [-0.25, -0.2) is 4.52 Å². The molecule has 2 N–H and O–H groups in total. The zero-order valence-electron chi connectivity index (χ0n) is 10.7. The molecule has 100 valence electrons. The topological polar surface area (TPSA) is 66.6 Å². The van der Waals surface area contributed by atoms with Crippen LogP contribution in [0.4, 0.5) is 5.69 Å². The molecule has 1 amide bonds. The molecule has 1 aromatic carbocycles. The van der Waals surface area contributed by atoms with Gasteiger partial charge in [-0.1, -0.05) is 18.2 Å². The molecular weight excluding hydrogens is 254 g/mol. The van der Waals surface area contributed by atoms with Crippen LogP contribution in [-0.2, 0) is 6.61 Å². The van der Waals surface area contributed by atoms with E-state index in [9.17, 15) is 4.79 Å². The highest BCUT2D eigenvalue weighted by atomic mass is 16.3. The lowest BCUT2D eigenvalue weighted by atomic mass is 10.2. The van der Waals surface area contributed by atoms with Crippen molar-refractivity contribution >= 4 is 17.1 Å². The van der Waals surface area contributed by atoms with Crippen LogP contribution in [0, 0.1) is 0 Å². The average Bonchev–Trinajstić information content (AvgIpc) is 2.92. The number of carbonyl (C=O) groups is 1. The Morgan fingerprint density at radius 1 is 1.20 bits per heavy atom. The summed E-state index contributed by atoms with van der Waals surface area (Å²) in [4.78, 5) is 12.2. The van der Waals surface area contributed by atoms with Gasteiger partial charge in [0.15, 0.2) is 0 Å². The number of aliphatic hydroxyl groups excluding tert-OH is 1. The number of rotatable bonds is 3. The summed E-state index contributed by atoms with van der Waals surface area (Å²) in [7, 11) is 0. The number of benzene rings is 1. The molecule has 5 heteroatoms. The van der Waals surface area contributed by atoms with Crippen molar-refractivity contribution in [2.45, 2.75) is 6.61 Å². The second kappa shape index (κ2) is 5.14. The number of pyridine rings is 1. The monoisotopic (exact) mass is 267 g/mol. The quantitative estimate of drug-likeness (QED) is 0.763. The molecule has 0 bridgehead atoms. The number of hydrogen-bond donors (Lipinski definition) is 2. The number of anilines is 1. The molecule has 2 aromatic heterocycles. The fourth-order valence-corrected chi connectivity index (χ4v) is 2.00. The number of aromatic nitrogens is 2. The number of hydrogen-bond acceptors (Lipinski definition) is 3. The summed E-state index contributed by atoms with van der Waals surface area (Å²) < 4.78 is 1.66. The fourth-order valence-electron chi connectivity index (χ4n) is 2.00. The van der Waals surface area contributed by atoms with Crippen LogP contribution in [0.3, 0.4) is 0 Å². The maximum absolute atomic E-state index is 12.2. The first-order valence-electron chi connectivity index (χ1n) is 6.21. The molecule has 0 spiro atoms. The van der Waals surface area contributed by atoms with Crippen molar-refractivity contribution in [1.29, 1.82) is 0 Å². The van der Waals surface area contributed by atoms with E-state index in [1.807, 2.05) is 18.2 Å². The van der Waals surface area contributed by atoms with Gasteiger partial charge in [0.1, 0.15) is 0 Å². The third-order valence-corrected chi connectivity index (χ3v) is 3.07. The largest absolute Gasteiger partial charge is 0.392 e. The van der Waals surface area contributed by atoms with Crippen LogP contribution < -0.4 is 5.32 Å². The van der Waals surface area contributed by atoms with Crippen molar-refractivity contribution in [2.24, 2.45) is 0 Å². The molecule has 0 saturated carbocycles. The van der Waals surface area contributed by atoms with Crippen LogP contribution >= 0.6 is 0 Å². The lowest BCUT2D eigenvalue weighted by Gasteiger charge is -2.05. The molecule has 3 rings (SSSR count). The Bertz CT molecular complexity index is 747. The molecule has 20 heavy (non-hydrogen) atoms. The van der Waals surface area contributed by atoms with E-state index >= 15 is 0 Å². The molecule has 0 saturated heterocycles. The van der Waals surface area contributed by atoms with Crippen molar-refractivity contribution in [2.75, 3.05) is 5.32 Å². The van der Waals surface area contributed by atoms with E-state index in [0.717, 1.165) is 11.1 Å². The van der Waals surface area contributed by atoms with Gasteiger partial charge in [0, 0.05) is 11.9 Å². The van der Waals surface area contributed by atoms with Crippen molar-refractivity contribution < 1.29 is 9.90 Å². The van der Waals surface area contributed by atoms with Crippen LogP contribution in [-0.4, -0.2) is 20.6 Å². The highest BCUT2D eigenvalue weighted by Crippen LogP contribution is 2.14. The lowest BCUT2D eigenvalue weighted by molar-refractivity contribution is 0.102. The van der Waals surface area contributed by atoms with E-state index in [1.165, 1.54) is 0 Å². The first-order chi connectivity index (χ1) is 9.78. The minimum atomic E-state index is -0.206. The molecule has 0 aliphatic rings. The van der Waals surface area contributed by atoms with Crippen LogP contribution in [0.25, 0.3) is 5.52 Å². The summed E-state index contributed by atoms with van der Waals surface area (Å²) in [6, 6.07) is 12.6. The molecule has 0 radical (unpaired) electrons. The first-order valence-corrected chi connectivity index (χ1v) is 6.21. The Hall–Kier alpha value is -2.66. The van der Waals surface area contributed by atoms with Gasteiger partial charge in [-0.15, -0.1) is 0 Å². The standard InChI is InChI=1S/C15H13N3O2/c19-10-11-4-6-12(7-5-11)17-15(20)13-9-16-18-8-2-1-3-14(13)18/h1-9,19H,10H2,(H,17,20). The number of aliphatic hydroxyl groups is 1. The number of amides is 1.